The summed E-state index contributed by atoms with van der Waals surface area (Å²) in [4.78, 5) is 10.4. The Labute approximate surface area is 84.4 Å². The van der Waals surface area contributed by atoms with Crippen molar-refractivity contribution in [2.24, 2.45) is 0 Å². The van der Waals surface area contributed by atoms with Gasteiger partial charge in [0.15, 0.2) is 0 Å². The SMILES string of the molecule is CC1CN(c2cncnc2)CCCN1. The number of nitrogens with zero attached hydrogens (tertiary/aromatic N) is 3. The van der Waals surface area contributed by atoms with Crippen LogP contribution in [0.25, 0.3) is 0 Å². The number of hydrogen-bond acceptors (Lipinski definition) is 4. The zero-order valence-corrected chi connectivity index (χ0v) is 8.48. The number of hydrogen-bond donors (Lipinski definition) is 1. The Bertz CT molecular complexity index is 275. The molecule has 0 aliphatic carbocycles. The lowest BCUT2D eigenvalue weighted by Gasteiger charge is -2.23. The lowest BCUT2D eigenvalue weighted by atomic mass is 10.3. The van der Waals surface area contributed by atoms with Crippen molar-refractivity contribution >= 4 is 5.69 Å². The Morgan fingerprint density at radius 2 is 2.21 bits per heavy atom. The van der Waals surface area contributed by atoms with Crippen molar-refractivity contribution in [3.8, 4) is 0 Å². The highest BCUT2D eigenvalue weighted by molar-refractivity contribution is 5.41. The minimum Gasteiger partial charge on any atom is -0.367 e. The van der Waals surface area contributed by atoms with Gasteiger partial charge in [-0.2, -0.15) is 0 Å². The number of nitrogens with one attached hydrogen (secondary N) is 1. The van der Waals surface area contributed by atoms with E-state index in [2.05, 4.69) is 27.1 Å². The van der Waals surface area contributed by atoms with Crippen LogP contribution in [-0.4, -0.2) is 35.6 Å². The molecule has 0 aromatic carbocycles. The van der Waals surface area contributed by atoms with Crippen molar-refractivity contribution in [1.29, 1.82) is 0 Å². The monoisotopic (exact) mass is 192 g/mol. The Morgan fingerprint density at radius 3 is 3.00 bits per heavy atom. The first kappa shape index (κ1) is 9.40. The summed E-state index contributed by atoms with van der Waals surface area (Å²) in [6.45, 7) is 5.44. The van der Waals surface area contributed by atoms with Crippen LogP contribution in [0, 0.1) is 0 Å². The molecule has 76 valence electrons. The Balaban J connectivity index is 2.09. The molecule has 0 radical (unpaired) electrons. The van der Waals surface area contributed by atoms with E-state index in [0.29, 0.717) is 6.04 Å². The molecular weight excluding hydrogens is 176 g/mol. The lowest BCUT2D eigenvalue weighted by molar-refractivity contribution is 0.584. The molecule has 0 spiro atoms. The van der Waals surface area contributed by atoms with Crippen LogP contribution >= 0.6 is 0 Å². The zero-order chi connectivity index (χ0) is 9.80. The third kappa shape index (κ3) is 2.20. The van der Waals surface area contributed by atoms with Crippen molar-refractivity contribution in [2.75, 3.05) is 24.5 Å². The third-order valence-electron chi connectivity index (χ3n) is 2.50. The van der Waals surface area contributed by atoms with Gasteiger partial charge < -0.3 is 10.2 Å². The summed E-state index contributed by atoms with van der Waals surface area (Å²) in [5, 5.41) is 3.46. The maximum atomic E-state index is 4.04. The minimum atomic E-state index is 0.540. The van der Waals surface area contributed by atoms with E-state index in [4.69, 9.17) is 0 Å². The van der Waals surface area contributed by atoms with Gasteiger partial charge >= 0.3 is 0 Å². The van der Waals surface area contributed by atoms with E-state index < -0.39 is 0 Å². The molecule has 1 fully saturated rings. The fraction of sp³-hybridized carbons (Fsp3) is 0.600. The van der Waals surface area contributed by atoms with Crippen LogP contribution in [0.2, 0.25) is 0 Å². The van der Waals surface area contributed by atoms with Crippen LogP contribution in [0.4, 0.5) is 5.69 Å². The quantitative estimate of drug-likeness (QED) is 0.710. The van der Waals surface area contributed by atoms with E-state index in [-0.39, 0.29) is 0 Å². The number of rotatable bonds is 1. The van der Waals surface area contributed by atoms with Gasteiger partial charge in [0.1, 0.15) is 6.33 Å². The van der Waals surface area contributed by atoms with Gasteiger partial charge in [0.05, 0.1) is 18.1 Å². The predicted molar refractivity (Wildman–Crippen MR) is 56.3 cm³/mol. The van der Waals surface area contributed by atoms with E-state index in [1.807, 2.05) is 12.4 Å². The number of aromatic nitrogens is 2. The van der Waals surface area contributed by atoms with Crippen LogP contribution in [0.1, 0.15) is 13.3 Å². The standard InChI is InChI=1S/C10H16N4/c1-9-7-14(4-2-3-13-9)10-5-11-8-12-6-10/h5-6,8-9,13H,2-4,7H2,1H3. The molecule has 14 heavy (non-hydrogen) atoms. The molecule has 1 saturated heterocycles. The molecule has 1 aliphatic rings. The zero-order valence-electron chi connectivity index (χ0n) is 8.48. The van der Waals surface area contributed by atoms with Gasteiger partial charge in [-0.3, -0.25) is 0 Å². The highest BCUT2D eigenvalue weighted by Gasteiger charge is 2.14. The topological polar surface area (TPSA) is 41.1 Å². The lowest BCUT2D eigenvalue weighted by Crippen LogP contribution is -2.35. The second-order valence-electron chi connectivity index (χ2n) is 3.75. The first-order valence-corrected chi connectivity index (χ1v) is 5.09. The van der Waals surface area contributed by atoms with Gasteiger partial charge in [-0.25, -0.2) is 9.97 Å². The van der Waals surface area contributed by atoms with Gasteiger partial charge in [0.25, 0.3) is 0 Å². The molecule has 0 saturated carbocycles. The second-order valence-corrected chi connectivity index (χ2v) is 3.75. The predicted octanol–water partition coefficient (Wildman–Crippen LogP) is 0.665. The molecule has 4 nitrogen and oxygen atoms in total. The first-order chi connectivity index (χ1) is 6.86. The van der Waals surface area contributed by atoms with Crippen molar-refractivity contribution < 1.29 is 0 Å². The fourth-order valence-electron chi connectivity index (χ4n) is 1.79. The minimum absolute atomic E-state index is 0.540. The molecule has 1 N–H and O–H groups in total. The van der Waals surface area contributed by atoms with Gasteiger partial charge in [-0.15, -0.1) is 0 Å². The fourth-order valence-corrected chi connectivity index (χ4v) is 1.79. The molecule has 2 rings (SSSR count). The van der Waals surface area contributed by atoms with Gasteiger partial charge in [0, 0.05) is 19.1 Å². The molecule has 0 amide bonds. The summed E-state index contributed by atoms with van der Waals surface area (Å²) in [6, 6.07) is 0.540. The van der Waals surface area contributed by atoms with Gasteiger partial charge in [-0.1, -0.05) is 0 Å². The normalized spacial score (nSPS) is 23.2. The van der Waals surface area contributed by atoms with Crippen molar-refractivity contribution in [3.63, 3.8) is 0 Å². The maximum absolute atomic E-state index is 4.04. The van der Waals surface area contributed by atoms with Crippen molar-refractivity contribution in [2.45, 2.75) is 19.4 Å². The van der Waals surface area contributed by atoms with Gasteiger partial charge in [0.2, 0.25) is 0 Å². The second kappa shape index (κ2) is 4.37. The Hall–Kier alpha value is -1.16. The Morgan fingerprint density at radius 1 is 1.43 bits per heavy atom. The largest absolute Gasteiger partial charge is 0.367 e. The van der Waals surface area contributed by atoms with Crippen LogP contribution in [0.3, 0.4) is 0 Å². The van der Waals surface area contributed by atoms with E-state index in [1.54, 1.807) is 6.33 Å². The van der Waals surface area contributed by atoms with E-state index in [9.17, 15) is 0 Å². The molecule has 4 heteroatoms. The van der Waals surface area contributed by atoms with Crippen LogP contribution in [-0.2, 0) is 0 Å². The molecule has 1 aromatic heterocycles. The molecule has 1 unspecified atom stereocenters. The summed E-state index contributed by atoms with van der Waals surface area (Å²) >= 11 is 0. The van der Waals surface area contributed by atoms with Crippen molar-refractivity contribution in [1.82, 2.24) is 15.3 Å². The first-order valence-electron chi connectivity index (χ1n) is 5.09. The smallest absolute Gasteiger partial charge is 0.115 e. The highest BCUT2D eigenvalue weighted by Crippen LogP contribution is 2.12. The average molecular weight is 192 g/mol. The summed E-state index contributed by atoms with van der Waals surface area (Å²) in [7, 11) is 0. The van der Waals surface area contributed by atoms with Gasteiger partial charge in [-0.05, 0) is 19.9 Å². The molecule has 2 heterocycles. The summed E-state index contributed by atoms with van der Waals surface area (Å²) in [6.07, 6.45) is 6.51. The van der Waals surface area contributed by atoms with E-state index in [1.165, 1.54) is 6.42 Å². The molecule has 1 atom stereocenters. The van der Waals surface area contributed by atoms with Crippen molar-refractivity contribution in [3.05, 3.63) is 18.7 Å². The summed E-state index contributed by atoms with van der Waals surface area (Å²) < 4.78 is 0. The molecule has 0 bridgehead atoms. The molecule has 1 aliphatic heterocycles. The molecular formula is C10H16N4. The highest BCUT2D eigenvalue weighted by atomic mass is 15.2. The number of anilines is 1. The Kier molecular flexibility index (Phi) is 2.93. The average Bonchev–Trinajstić information content (AvgIpc) is 2.44. The third-order valence-corrected chi connectivity index (χ3v) is 2.50. The van der Waals surface area contributed by atoms with Crippen LogP contribution < -0.4 is 10.2 Å². The maximum Gasteiger partial charge on any atom is 0.115 e. The summed E-state index contributed by atoms with van der Waals surface area (Å²) in [5.74, 6) is 0. The summed E-state index contributed by atoms with van der Waals surface area (Å²) in [5.41, 5.74) is 1.13. The van der Waals surface area contributed by atoms with Crippen LogP contribution in [0.15, 0.2) is 18.7 Å². The van der Waals surface area contributed by atoms with E-state index in [0.717, 1.165) is 25.3 Å². The van der Waals surface area contributed by atoms with Crippen LogP contribution in [0.5, 0.6) is 0 Å². The molecule has 1 aromatic rings. The van der Waals surface area contributed by atoms with E-state index >= 15 is 0 Å².